The molecule has 1 amide bonds. The molecule has 1 aromatic heterocycles. The number of rotatable bonds is 6. The smallest absolute Gasteiger partial charge is 0.277 e. The largest absolute Gasteiger partial charge is 0.497 e. The van der Waals surface area contributed by atoms with Crippen molar-refractivity contribution in [2.45, 2.75) is 12.8 Å². The standard InChI is InChI=1S/C14H17F2N5O2.ClH/c1-9-12(13(22)18-8-14(15,16)7-17)19-20-21(9)10-3-5-11(23-2)6-4-10;/h3-6H,7-8,17H2,1-2H3,(H,18,22);1H. The highest BCUT2D eigenvalue weighted by molar-refractivity contribution is 5.93. The second kappa shape index (κ2) is 8.02. The SMILES string of the molecule is COc1ccc(-n2nnc(C(=O)NCC(F)(F)CN)c2C)cc1.Cl. The highest BCUT2D eigenvalue weighted by atomic mass is 35.5. The maximum absolute atomic E-state index is 13.1. The van der Waals surface area contributed by atoms with Crippen molar-refractivity contribution in [3.05, 3.63) is 35.7 Å². The van der Waals surface area contributed by atoms with Crippen molar-refractivity contribution in [3.8, 4) is 11.4 Å². The Labute approximate surface area is 143 Å². The van der Waals surface area contributed by atoms with Crippen LogP contribution >= 0.6 is 12.4 Å². The Morgan fingerprint density at radius 1 is 1.38 bits per heavy atom. The van der Waals surface area contributed by atoms with Crippen molar-refractivity contribution in [2.75, 3.05) is 20.2 Å². The number of alkyl halides is 2. The maximum atomic E-state index is 13.1. The first-order valence-electron chi connectivity index (χ1n) is 6.81. The molecule has 0 aliphatic rings. The fourth-order valence-corrected chi connectivity index (χ4v) is 1.87. The van der Waals surface area contributed by atoms with Gasteiger partial charge in [-0.05, 0) is 31.2 Å². The van der Waals surface area contributed by atoms with E-state index < -0.39 is 24.9 Å². The van der Waals surface area contributed by atoms with Crippen LogP contribution in [0.15, 0.2) is 24.3 Å². The van der Waals surface area contributed by atoms with E-state index in [-0.39, 0.29) is 18.1 Å². The number of carbonyl (C=O) groups excluding carboxylic acids is 1. The van der Waals surface area contributed by atoms with Crippen LogP contribution < -0.4 is 15.8 Å². The van der Waals surface area contributed by atoms with Crippen LogP contribution in [-0.4, -0.2) is 47.0 Å². The molecule has 0 bridgehead atoms. The first-order chi connectivity index (χ1) is 10.9. The number of hydrogen-bond donors (Lipinski definition) is 2. The molecular formula is C14H18ClF2N5O2. The van der Waals surface area contributed by atoms with Crippen LogP contribution in [0.1, 0.15) is 16.2 Å². The quantitative estimate of drug-likeness (QED) is 0.809. The molecule has 0 aliphatic heterocycles. The second-order valence-corrected chi connectivity index (χ2v) is 4.88. The Bertz CT molecular complexity index is 691. The number of nitrogens with one attached hydrogen (secondary N) is 1. The maximum Gasteiger partial charge on any atom is 0.277 e. The number of halogens is 3. The van der Waals surface area contributed by atoms with Crippen molar-refractivity contribution in [2.24, 2.45) is 5.73 Å². The molecule has 24 heavy (non-hydrogen) atoms. The van der Waals surface area contributed by atoms with Crippen LogP contribution in [0.5, 0.6) is 5.75 Å². The van der Waals surface area contributed by atoms with Crippen LogP contribution in [0.25, 0.3) is 5.69 Å². The molecule has 0 radical (unpaired) electrons. The fraction of sp³-hybridized carbons (Fsp3) is 0.357. The van der Waals surface area contributed by atoms with E-state index in [4.69, 9.17) is 10.5 Å². The van der Waals surface area contributed by atoms with E-state index in [1.807, 2.05) is 0 Å². The van der Waals surface area contributed by atoms with Gasteiger partial charge in [0.15, 0.2) is 5.69 Å². The third kappa shape index (κ3) is 4.39. The minimum Gasteiger partial charge on any atom is -0.497 e. The average Bonchev–Trinajstić information content (AvgIpc) is 2.94. The number of hydrogen-bond acceptors (Lipinski definition) is 5. The minimum atomic E-state index is -3.16. The van der Waals surface area contributed by atoms with Crippen LogP contribution in [-0.2, 0) is 0 Å². The van der Waals surface area contributed by atoms with Gasteiger partial charge >= 0.3 is 0 Å². The number of ether oxygens (including phenoxy) is 1. The summed E-state index contributed by atoms with van der Waals surface area (Å²) in [6.45, 7) is -0.0673. The number of methoxy groups -OCH3 is 1. The molecule has 2 rings (SSSR count). The summed E-state index contributed by atoms with van der Waals surface area (Å²) in [6.07, 6.45) is 0. The summed E-state index contributed by atoms with van der Waals surface area (Å²) in [7, 11) is 1.55. The van der Waals surface area contributed by atoms with Gasteiger partial charge in [0, 0.05) is 0 Å². The van der Waals surface area contributed by atoms with Gasteiger partial charge in [0.2, 0.25) is 0 Å². The van der Waals surface area contributed by atoms with E-state index in [1.165, 1.54) is 4.68 Å². The minimum absolute atomic E-state index is 0. The summed E-state index contributed by atoms with van der Waals surface area (Å²) >= 11 is 0. The molecule has 0 spiro atoms. The lowest BCUT2D eigenvalue weighted by molar-refractivity contribution is 0.0118. The lowest BCUT2D eigenvalue weighted by Crippen LogP contribution is -2.41. The molecule has 0 saturated heterocycles. The predicted molar refractivity (Wildman–Crippen MR) is 86.2 cm³/mol. The average molecular weight is 362 g/mol. The van der Waals surface area contributed by atoms with E-state index in [0.717, 1.165) is 0 Å². The summed E-state index contributed by atoms with van der Waals surface area (Å²) in [4.78, 5) is 12.0. The molecule has 1 aromatic carbocycles. The summed E-state index contributed by atoms with van der Waals surface area (Å²) < 4.78 is 32.7. The zero-order chi connectivity index (χ0) is 17.0. The Kier molecular flexibility index (Phi) is 6.61. The van der Waals surface area contributed by atoms with Gasteiger partial charge in [-0.15, -0.1) is 17.5 Å². The monoisotopic (exact) mass is 361 g/mol. The zero-order valence-electron chi connectivity index (χ0n) is 13.1. The van der Waals surface area contributed by atoms with E-state index in [1.54, 1.807) is 38.3 Å². The first kappa shape index (κ1) is 19.8. The van der Waals surface area contributed by atoms with Crippen molar-refractivity contribution in [3.63, 3.8) is 0 Å². The molecule has 7 nitrogen and oxygen atoms in total. The lowest BCUT2D eigenvalue weighted by Gasteiger charge is -2.13. The van der Waals surface area contributed by atoms with Gasteiger partial charge < -0.3 is 15.8 Å². The Morgan fingerprint density at radius 2 is 2.00 bits per heavy atom. The molecule has 0 unspecified atom stereocenters. The van der Waals surface area contributed by atoms with Gasteiger partial charge in [0.25, 0.3) is 11.8 Å². The predicted octanol–water partition coefficient (Wildman–Crippen LogP) is 1.33. The van der Waals surface area contributed by atoms with Crippen LogP contribution in [0, 0.1) is 6.92 Å². The number of benzene rings is 1. The van der Waals surface area contributed by atoms with E-state index in [2.05, 4.69) is 15.6 Å². The van der Waals surface area contributed by atoms with Gasteiger partial charge in [-0.1, -0.05) is 5.21 Å². The van der Waals surface area contributed by atoms with Gasteiger partial charge in [-0.2, -0.15) is 0 Å². The molecule has 10 heteroatoms. The van der Waals surface area contributed by atoms with Crippen LogP contribution in [0.4, 0.5) is 8.78 Å². The third-order valence-electron chi connectivity index (χ3n) is 3.23. The normalized spacial score (nSPS) is 10.9. The Hall–Kier alpha value is -2.26. The van der Waals surface area contributed by atoms with Gasteiger partial charge in [-0.3, -0.25) is 4.79 Å². The molecule has 0 atom stereocenters. The van der Waals surface area contributed by atoms with Crippen molar-refractivity contribution in [1.82, 2.24) is 20.3 Å². The number of carbonyl (C=O) groups is 1. The van der Waals surface area contributed by atoms with Gasteiger partial charge in [-0.25, -0.2) is 13.5 Å². The Balaban J connectivity index is 0.00000288. The number of nitrogens with two attached hydrogens (primary N) is 1. The molecule has 0 saturated carbocycles. The number of nitrogens with zero attached hydrogens (tertiary/aromatic N) is 3. The van der Waals surface area contributed by atoms with Crippen LogP contribution in [0.2, 0.25) is 0 Å². The summed E-state index contributed by atoms with van der Waals surface area (Å²) in [5.74, 6) is -3.21. The summed E-state index contributed by atoms with van der Waals surface area (Å²) in [5.41, 5.74) is 6.00. The zero-order valence-corrected chi connectivity index (χ0v) is 13.9. The third-order valence-corrected chi connectivity index (χ3v) is 3.23. The van der Waals surface area contributed by atoms with Crippen molar-refractivity contribution >= 4 is 18.3 Å². The lowest BCUT2D eigenvalue weighted by atomic mass is 10.2. The molecular weight excluding hydrogens is 344 g/mol. The van der Waals surface area contributed by atoms with E-state index in [0.29, 0.717) is 17.1 Å². The first-order valence-corrected chi connectivity index (χ1v) is 6.81. The molecule has 0 aliphatic carbocycles. The fourth-order valence-electron chi connectivity index (χ4n) is 1.87. The molecule has 1 heterocycles. The molecule has 3 N–H and O–H groups in total. The summed E-state index contributed by atoms with van der Waals surface area (Å²) in [6, 6.07) is 6.95. The van der Waals surface area contributed by atoms with E-state index in [9.17, 15) is 13.6 Å². The van der Waals surface area contributed by atoms with Crippen molar-refractivity contribution in [1.29, 1.82) is 0 Å². The van der Waals surface area contributed by atoms with Gasteiger partial charge in [0.05, 0.1) is 31.6 Å². The number of aromatic nitrogens is 3. The highest BCUT2D eigenvalue weighted by Gasteiger charge is 2.28. The Morgan fingerprint density at radius 3 is 2.54 bits per heavy atom. The van der Waals surface area contributed by atoms with E-state index >= 15 is 0 Å². The second-order valence-electron chi connectivity index (χ2n) is 4.88. The molecule has 2 aromatic rings. The molecule has 132 valence electrons. The highest BCUT2D eigenvalue weighted by Crippen LogP contribution is 2.17. The molecule has 0 fully saturated rings. The number of amides is 1. The van der Waals surface area contributed by atoms with Crippen molar-refractivity contribution < 1.29 is 18.3 Å². The summed E-state index contributed by atoms with van der Waals surface area (Å²) in [5, 5.41) is 9.74. The van der Waals surface area contributed by atoms with Gasteiger partial charge in [0.1, 0.15) is 5.75 Å². The topological polar surface area (TPSA) is 95.1 Å². The van der Waals surface area contributed by atoms with Crippen LogP contribution in [0.3, 0.4) is 0 Å².